The maximum Gasteiger partial charge on any atom is 0.198 e. The van der Waals surface area contributed by atoms with E-state index in [1.165, 1.54) is 11.3 Å². The molecule has 0 amide bonds. The Labute approximate surface area is 218 Å². The van der Waals surface area contributed by atoms with Crippen LogP contribution in [0.5, 0.6) is 5.75 Å². The van der Waals surface area contributed by atoms with Crippen molar-refractivity contribution in [3.05, 3.63) is 40.2 Å². The Balaban J connectivity index is 1.59. The highest BCUT2D eigenvalue weighted by molar-refractivity contribution is 7.11. The fourth-order valence-electron chi connectivity index (χ4n) is 3.25. The number of thiazole rings is 1. The van der Waals surface area contributed by atoms with Crippen LogP contribution in [-0.4, -0.2) is 49.9 Å². The van der Waals surface area contributed by atoms with Crippen molar-refractivity contribution in [2.75, 3.05) is 26.5 Å². The quantitative estimate of drug-likeness (QED) is 0.244. The first kappa shape index (κ1) is 28.7. The highest BCUT2D eigenvalue weighted by atomic mass is 32.1. The molecule has 0 radical (unpaired) electrons. The van der Waals surface area contributed by atoms with Crippen molar-refractivity contribution in [1.29, 1.82) is 0 Å². The van der Waals surface area contributed by atoms with Gasteiger partial charge in [0.25, 0.3) is 0 Å². The molecule has 0 aliphatic rings. The van der Waals surface area contributed by atoms with E-state index in [4.69, 9.17) is 18.3 Å². The van der Waals surface area contributed by atoms with E-state index in [9.17, 15) is 9.50 Å². The van der Waals surface area contributed by atoms with Crippen molar-refractivity contribution in [2.45, 2.75) is 71.4 Å². The number of halogens is 1. The third kappa shape index (κ3) is 7.35. The monoisotopic (exact) mass is 538 g/mol. The van der Waals surface area contributed by atoms with Gasteiger partial charge in [0.2, 0.25) is 0 Å². The number of hydrogen-bond donors (Lipinski definition) is 1. The first-order chi connectivity index (χ1) is 16.9. The van der Waals surface area contributed by atoms with Gasteiger partial charge in [-0.2, -0.15) is 0 Å². The average molecular weight is 539 g/mol. The van der Waals surface area contributed by atoms with Gasteiger partial charge in [-0.25, -0.2) is 9.97 Å². The number of hydrogen-bond acceptors (Lipinski definition) is 8. The summed E-state index contributed by atoms with van der Waals surface area (Å²) in [5, 5.41) is 11.6. The van der Waals surface area contributed by atoms with Gasteiger partial charge in [-0.05, 0) is 44.1 Å². The third-order valence-corrected chi connectivity index (χ3v) is 12.4. The number of benzene rings is 1. The van der Waals surface area contributed by atoms with E-state index in [1.54, 1.807) is 24.4 Å². The van der Waals surface area contributed by atoms with Crippen LogP contribution in [0.4, 0.5) is 4.39 Å². The number of aliphatic hydroxyl groups is 1. The molecule has 0 fully saturated rings. The largest absolute Gasteiger partial charge is 0.493 e. The van der Waals surface area contributed by atoms with Crippen LogP contribution in [0.15, 0.2) is 28.8 Å². The van der Waals surface area contributed by atoms with Crippen LogP contribution in [0, 0.1) is 5.92 Å². The molecule has 1 N–H and O–H groups in total. The molecule has 0 spiro atoms. The van der Waals surface area contributed by atoms with Crippen molar-refractivity contribution < 1.29 is 27.8 Å². The van der Waals surface area contributed by atoms with E-state index >= 15 is 0 Å². The Morgan fingerprint density at radius 2 is 1.97 bits per heavy atom. The van der Waals surface area contributed by atoms with Crippen LogP contribution < -0.4 is 4.74 Å². The first-order valence-corrected chi connectivity index (χ1v) is 16.1. The van der Waals surface area contributed by atoms with Crippen LogP contribution in [0.2, 0.25) is 18.1 Å². The van der Waals surface area contributed by atoms with E-state index in [0.29, 0.717) is 36.0 Å². The Kier molecular flexibility index (Phi) is 9.67. The van der Waals surface area contributed by atoms with E-state index in [0.717, 1.165) is 9.88 Å². The van der Waals surface area contributed by atoms with E-state index < -0.39 is 21.1 Å². The molecule has 3 aromatic rings. The normalized spacial score (nSPS) is 15.2. The van der Waals surface area contributed by atoms with Crippen molar-refractivity contribution in [2.24, 2.45) is 5.92 Å². The lowest BCUT2D eigenvalue weighted by molar-refractivity contribution is 0.0762. The Bertz CT molecular complexity index is 1110. The lowest BCUT2D eigenvalue weighted by atomic mass is 10.2. The molecule has 10 heteroatoms. The van der Waals surface area contributed by atoms with Crippen LogP contribution in [0.25, 0.3) is 11.1 Å². The molecule has 0 saturated heterocycles. The summed E-state index contributed by atoms with van der Waals surface area (Å²) in [6.07, 6.45) is 1.01. The standard InChI is InChI=1S/C26H39FN2O5SSi/c1-8-31-17(2)25-28-14-23(35-25)21(30)12-24-29-20-10-9-19(11-22(20)34-24)32-15-18(13-27)16-33-36(6,7)26(3,4)5/h9-11,14,17-18,21,30H,8,12-13,15-16H2,1-7H3. The molecule has 2 heterocycles. The molecular formula is C26H39FN2O5SSi. The number of nitrogens with zero attached hydrogens (tertiary/aromatic N) is 2. The summed E-state index contributed by atoms with van der Waals surface area (Å²) in [5.41, 5.74) is 1.22. The number of oxazole rings is 1. The Morgan fingerprint density at radius 3 is 2.64 bits per heavy atom. The van der Waals surface area contributed by atoms with E-state index in [2.05, 4.69) is 43.8 Å². The van der Waals surface area contributed by atoms with Crippen LogP contribution in [0.3, 0.4) is 0 Å². The summed E-state index contributed by atoms with van der Waals surface area (Å²) in [4.78, 5) is 9.58. The molecule has 3 atom stereocenters. The number of ether oxygens (including phenoxy) is 2. The van der Waals surface area contributed by atoms with Gasteiger partial charge < -0.3 is 23.4 Å². The summed E-state index contributed by atoms with van der Waals surface area (Å²) in [6, 6.07) is 5.34. The summed E-state index contributed by atoms with van der Waals surface area (Å²) in [7, 11) is -1.95. The Hall–Kier alpha value is -1.85. The molecule has 3 rings (SSSR count). The molecule has 0 aliphatic carbocycles. The number of aliphatic hydroxyl groups excluding tert-OH is 1. The van der Waals surface area contributed by atoms with Gasteiger partial charge in [0.05, 0.1) is 30.7 Å². The summed E-state index contributed by atoms with van der Waals surface area (Å²) in [6.45, 7) is 15.3. The van der Waals surface area contributed by atoms with Crippen molar-refractivity contribution in [3.63, 3.8) is 0 Å². The van der Waals surface area contributed by atoms with Gasteiger partial charge in [-0.3, -0.25) is 4.39 Å². The van der Waals surface area contributed by atoms with Gasteiger partial charge in [0.1, 0.15) is 22.4 Å². The highest BCUT2D eigenvalue weighted by Gasteiger charge is 2.37. The summed E-state index contributed by atoms with van der Waals surface area (Å²) < 4.78 is 37.1. The topological polar surface area (TPSA) is 86.8 Å². The molecular weight excluding hydrogens is 499 g/mol. The molecule has 36 heavy (non-hydrogen) atoms. The van der Waals surface area contributed by atoms with Crippen molar-refractivity contribution in [1.82, 2.24) is 9.97 Å². The second-order valence-corrected chi connectivity index (χ2v) is 16.5. The SMILES string of the molecule is CCOC(C)c1ncc(C(O)Cc2nc3ccc(OCC(CF)CO[Si](C)(C)C(C)(C)C)cc3o2)s1. The van der Waals surface area contributed by atoms with Gasteiger partial charge >= 0.3 is 0 Å². The van der Waals surface area contributed by atoms with E-state index in [1.807, 2.05) is 13.8 Å². The zero-order chi connectivity index (χ0) is 26.5. The number of fused-ring (bicyclic) bond motifs is 1. The lowest BCUT2D eigenvalue weighted by Gasteiger charge is -2.37. The van der Waals surface area contributed by atoms with Crippen molar-refractivity contribution >= 4 is 30.8 Å². The van der Waals surface area contributed by atoms with Gasteiger partial charge in [-0.15, -0.1) is 11.3 Å². The number of alkyl halides is 1. The maximum absolute atomic E-state index is 13.6. The Morgan fingerprint density at radius 1 is 1.22 bits per heavy atom. The first-order valence-electron chi connectivity index (χ1n) is 12.4. The molecule has 0 bridgehead atoms. The fraction of sp³-hybridized carbons (Fsp3) is 0.615. The lowest BCUT2D eigenvalue weighted by Crippen LogP contribution is -2.42. The molecule has 3 unspecified atom stereocenters. The summed E-state index contributed by atoms with van der Waals surface area (Å²) in [5.74, 6) is 0.658. The van der Waals surface area contributed by atoms with Crippen LogP contribution >= 0.6 is 11.3 Å². The summed E-state index contributed by atoms with van der Waals surface area (Å²) >= 11 is 1.42. The smallest absolute Gasteiger partial charge is 0.198 e. The minimum atomic E-state index is -1.95. The van der Waals surface area contributed by atoms with Crippen molar-refractivity contribution in [3.8, 4) is 5.75 Å². The fourth-order valence-corrected chi connectivity index (χ4v) is 5.24. The second kappa shape index (κ2) is 12.1. The number of rotatable bonds is 13. The number of aromatic nitrogens is 2. The van der Waals surface area contributed by atoms with Gasteiger partial charge in [-0.1, -0.05) is 20.8 Å². The predicted molar refractivity (Wildman–Crippen MR) is 143 cm³/mol. The molecule has 2 aromatic heterocycles. The molecule has 200 valence electrons. The molecule has 0 saturated carbocycles. The maximum atomic E-state index is 13.6. The predicted octanol–water partition coefficient (Wildman–Crippen LogP) is 6.64. The minimum Gasteiger partial charge on any atom is -0.493 e. The van der Waals surface area contributed by atoms with Gasteiger partial charge in [0.15, 0.2) is 19.8 Å². The van der Waals surface area contributed by atoms with Crippen LogP contribution in [0.1, 0.15) is 62.6 Å². The zero-order valence-corrected chi connectivity index (χ0v) is 24.2. The zero-order valence-electron chi connectivity index (χ0n) is 22.3. The third-order valence-electron chi connectivity index (χ3n) is 6.60. The van der Waals surface area contributed by atoms with Gasteiger partial charge in [0, 0.05) is 31.4 Å². The minimum absolute atomic E-state index is 0.0710. The van der Waals surface area contributed by atoms with E-state index in [-0.39, 0.29) is 30.1 Å². The molecule has 7 nitrogen and oxygen atoms in total. The second-order valence-electron chi connectivity index (χ2n) is 10.6. The molecule has 1 aromatic carbocycles. The molecule has 0 aliphatic heterocycles. The van der Waals surface area contributed by atoms with Crippen LogP contribution in [-0.2, 0) is 15.6 Å². The highest BCUT2D eigenvalue weighted by Crippen LogP contribution is 2.37. The average Bonchev–Trinajstić information content (AvgIpc) is 3.45.